The van der Waals surface area contributed by atoms with Gasteiger partial charge in [0, 0.05) is 24.5 Å². The van der Waals surface area contributed by atoms with Gasteiger partial charge < -0.3 is 0 Å². The Labute approximate surface area is 163 Å². The second-order valence-electron chi connectivity index (χ2n) is 5.58. The van der Waals surface area contributed by atoms with Gasteiger partial charge in [0.1, 0.15) is 5.01 Å². The van der Waals surface area contributed by atoms with Crippen LogP contribution in [0, 0.1) is 6.92 Å². The fourth-order valence-corrected chi connectivity index (χ4v) is 4.16. The number of carbonyl (C=O) groups is 1. The molecule has 0 N–H and O–H groups in total. The largest absolute Gasteiger partial charge is 0.282 e. The Morgan fingerprint density at radius 2 is 2.11 bits per heavy atom. The van der Waals surface area contributed by atoms with E-state index in [0.717, 1.165) is 21.6 Å². The van der Waals surface area contributed by atoms with E-state index in [1.165, 1.54) is 23.1 Å². The minimum Gasteiger partial charge on any atom is -0.282 e. The quantitative estimate of drug-likeness (QED) is 0.497. The number of thioether (sulfide) groups is 1. The molecule has 3 heterocycles. The van der Waals surface area contributed by atoms with Gasteiger partial charge in [-0.1, -0.05) is 29.5 Å². The van der Waals surface area contributed by atoms with Crippen molar-refractivity contribution in [3.63, 3.8) is 0 Å². The average molecular weight is 394 g/mol. The highest BCUT2D eigenvalue weighted by molar-refractivity contribution is 8.18. The predicted molar refractivity (Wildman–Crippen MR) is 109 cm³/mol. The lowest BCUT2D eigenvalue weighted by atomic mass is 10.1. The molecule has 0 bridgehead atoms. The van der Waals surface area contributed by atoms with Crippen LogP contribution in [0.15, 0.2) is 53.1 Å². The van der Waals surface area contributed by atoms with Crippen LogP contribution in [0.25, 0.3) is 17.1 Å². The van der Waals surface area contributed by atoms with Crippen LogP contribution < -0.4 is 0 Å². The maximum atomic E-state index is 12.9. The molecule has 2 aromatic heterocycles. The van der Waals surface area contributed by atoms with E-state index >= 15 is 0 Å². The summed E-state index contributed by atoms with van der Waals surface area (Å²) in [7, 11) is 0. The van der Waals surface area contributed by atoms with Gasteiger partial charge in [-0.15, -0.1) is 16.8 Å². The van der Waals surface area contributed by atoms with Crippen LogP contribution in [0.5, 0.6) is 0 Å². The zero-order valence-electron chi connectivity index (χ0n) is 14.4. The number of rotatable bonds is 4. The molecule has 0 saturated carbocycles. The van der Waals surface area contributed by atoms with Crippen LogP contribution in [0.4, 0.5) is 5.13 Å². The van der Waals surface area contributed by atoms with E-state index in [2.05, 4.69) is 31.7 Å². The normalized spacial score (nSPS) is 17.4. The van der Waals surface area contributed by atoms with Crippen LogP contribution in [0.3, 0.4) is 0 Å². The van der Waals surface area contributed by atoms with Crippen LogP contribution >= 0.6 is 23.1 Å². The summed E-state index contributed by atoms with van der Waals surface area (Å²) < 4.78 is 0. The van der Waals surface area contributed by atoms with Gasteiger partial charge in [0.05, 0.1) is 15.9 Å². The third kappa shape index (κ3) is 3.51. The fourth-order valence-electron chi connectivity index (χ4n) is 2.57. The molecule has 4 rings (SSSR count). The Kier molecular flexibility index (Phi) is 4.78. The molecule has 1 amide bonds. The number of amides is 1. The summed E-state index contributed by atoms with van der Waals surface area (Å²) >= 11 is 2.68. The molecule has 1 saturated heterocycles. The summed E-state index contributed by atoms with van der Waals surface area (Å²) in [4.78, 5) is 28.2. The fraction of sp³-hybridized carbons (Fsp3) is 0.111. The summed E-state index contributed by atoms with van der Waals surface area (Å²) in [6.45, 7) is 5.97. The first-order chi connectivity index (χ1) is 13.2. The lowest BCUT2D eigenvalue weighted by molar-refractivity contribution is -0.121. The first kappa shape index (κ1) is 17.5. The molecule has 0 spiro atoms. The third-order valence-corrected chi connectivity index (χ3v) is 5.46. The van der Waals surface area contributed by atoms with Crippen molar-refractivity contribution in [2.45, 2.75) is 6.92 Å². The Bertz CT molecular complexity index is 1100. The number of aliphatic imine (C=N–C) groups is 1. The Hall–Kier alpha value is -2.91. The van der Waals surface area contributed by atoms with Crippen LogP contribution in [-0.4, -0.2) is 42.7 Å². The maximum Gasteiger partial charge on any atom is 0.267 e. The summed E-state index contributed by atoms with van der Waals surface area (Å²) in [5.74, 6) is -0.124. The van der Waals surface area contributed by atoms with Crippen LogP contribution in [-0.2, 0) is 4.79 Å². The van der Waals surface area contributed by atoms with Gasteiger partial charge in [0.25, 0.3) is 5.91 Å². The van der Waals surface area contributed by atoms with Gasteiger partial charge in [0.2, 0.25) is 5.13 Å². The molecule has 1 aromatic carbocycles. The summed E-state index contributed by atoms with van der Waals surface area (Å²) in [6, 6.07) is 5.70. The smallest absolute Gasteiger partial charge is 0.267 e. The van der Waals surface area contributed by atoms with Crippen molar-refractivity contribution >= 4 is 56.4 Å². The van der Waals surface area contributed by atoms with E-state index in [0.29, 0.717) is 21.7 Å². The Balaban J connectivity index is 1.75. The lowest BCUT2D eigenvalue weighted by Gasteiger charge is -2.11. The highest BCUT2D eigenvalue weighted by atomic mass is 32.2. The minimum absolute atomic E-state index is 0.124. The number of aryl methyl sites for hydroxylation is 1. The maximum absolute atomic E-state index is 12.9. The summed E-state index contributed by atoms with van der Waals surface area (Å²) in [5.41, 5.74) is 2.37. The highest BCUT2D eigenvalue weighted by Gasteiger charge is 2.33. The zero-order valence-corrected chi connectivity index (χ0v) is 16.0. The Morgan fingerprint density at radius 1 is 1.26 bits per heavy atom. The van der Waals surface area contributed by atoms with Crippen molar-refractivity contribution in [1.29, 1.82) is 0 Å². The number of para-hydroxylation sites is 1. The molecular weight excluding hydrogens is 380 g/mol. The zero-order chi connectivity index (χ0) is 18.8. The number of aromatic nitrogens is 4. The summed E-state index contributed by atoms with van der Waals surface area (Å²) in [6.07, 6.45) is 6.79. The van der Waals surface area contributed by atoms with Crippen molar-refractivity contribution in [2.24, 2.45) is 4.99 Å². The Morgan fingerprint density at radius 3 is 2.89 bits per heavy atom. The second kappa shape index (κ2) is 7.37. The topological polar surface area (TPSA) is 84.2 Å². The standard InChI is InChI=1S/C18H14N6OS2/c1-3-9-24-16(25)14(27-18(24)21-17-23-22-11(2)26-17)10-12-5-4-6-13-15(12)20-8-7-19-13/h3-8,10H,1,9H2,2H3/b14-10-,21-18?. The number of fused-ring (bicyclic) bond motifs is 1. The molecule has 0 radical (unpaired) electrons. The van der Waals surface area contributed by atoms with E-state index in [9.17, 15) is 4.79 Å². The molecule has 134 valence electrons. The van der Waals surface area contributed by atoms with Crippen molar-refractivity contribution < 1.29 is 4.79 Å². The molecular formula is C18H14N6OS2. The number of nitrogens with zero attached hydrogens (tertiary/aromatic N) is 6. The van der Waals surface area contributed by atoms with Gasteiger partial charge in [-0.05, 0) is 30.8 Å². The molecule has 1 fully saturated rings. The number of benzene rings is 1. The molecule has 0 aliphatic carbocycles. The SMILES string of the molecule is C=CCN1C(=O)/C(=C/c2cccc3nccnc23)SC1=Nc1nnc(C)s1. The van der Waals surface area contributed by atoms with E-state index in [-0.39, 0.29) is 5.91 Å². The number of carbonyl (C=O) groups excluding carboxylic acids is 1. The first-order valence-electron chi connectivity index (χ1n) is 8.06. The first-order valence-corrected chi connectivity index (χ1v) is 9.70. The monoisotopic (exact) mass is 394 g/mol. The lowest BCUT2D eigenvalue weighted by Crippen LogP contribution is -2.29. The van der Waals surface area contributed by atoms with Crippen LogP contribution in [0.2, 0.25) is 0 Å². The van der Waals surface area contributed by atoms with Gasteiger partial charge in [-0.3, -0.25) is 19.7 Å². The predicted octanol–water partition coefficient (Wildman–Crippen LogP) is 3.58. The van der Waals surface area contributed by atoms with Crippen molar-refractivity contribution in [2.75, 3.05) is 6.54 Å². The van der Waals surface area contributed by atoms with Crippen molar-refractivity contribution in [3.8, 4) is 0 Å². The second-order valence-corrected chi connectivity index (χ2v) is 7.75. The summed E-state index contributed by atoms with van der Waals surface area (Å²) in [5, 5.41) is 9.89. The minimum atomic E-state index is -0.124. The molecule has 3 aromatic rings. The number of hydrogen-bond acceptors (Lipinski definition) is 8. The molecule has 1 aliphatic heterocycles. The van der Waals surface area contributed by atoms with Gasteiger partial charge in [-0.25, -0.2) is 0 Å². The van der Waals surface area contributed by atoms with Crippen molar-refractivity contribution in [1.82, 2.24) is 25.1 Å². The molecule has 27 heavy (non-hydrogen) atoms. The van der Waals surface area contributed by atoms with E-state index in [1.807, 2.05) is 31.2 Å². The van der Waals surface area contributed by atoms with Gasteiger partial charge >= 0.3 is 0 Å². The van der Waals surface area contributed by atoms with E-state index in [1.54, 1.807) is 23.4 Å². The average Bonchev–Trinajstić information content (AvgIpc) is 3.21. The third-order valence-electron chi connectivity index (χ3n) is 3.72. The highest BCUT2D eigenvalue weighted by Crippen LogP contribution is 2.35. The van der Waals surface area contributed by atoms with E-state index < -0.39 is 0 Å². The molecule has 0 unspecified atom stereocenters. The number of hydrogen-bond donors (Lipinski definition) is 0. The van der Waals surface area contributed by atoms with Gasteiger partial charge in [0.15, 0.2) is 5.17 Å². The van der Waals surface area contributed by atoms with Gasteiger partial charge in [-0.2, -0.15) is 4.99 Å². The number of amidine groups is 1. The van der Waals surface area contributed by atoms with Crippen LogP contribution in [0.1, 0.15) is 10.6 Å². The molecule has 7 nitrogen and oxygen atoms in total. The molecule has 0 atom stereocenters. The molecule has 1 aliphatic rings. The van der Waals surface area contributed by atoms with Crippen molar-refractivity contribution in [3.05, 3.63) is 58.7 Å². The van der Waals surface area contributed by atoms with E-state index in [4.69, 9.17) is 0 Å². The molecule has 9 heteroatoms.